The van der Waals surface area contributed by atoms with Crippen molar-refractivity contribution in [3.63, 3.8) is 0 Å². The van der Waals surface area contributed by atoms with Gasteiger partial charge < -0.3 is 13.9 Å². The summed E-state index contributed by atoms with van der Waals surface area (Å²) in [5.41, 5.74) is 1.71. The molecule has 0 saturated carbocycles. The van der Waals surface area contributed by atoms with Gasteiger partial charge in [0.25, 0.3) is 5.56 Å². The molecule has 0 aliphatic rings. The molecule has 0 fully saturated rings. The van der Waals surface area contributed by atoms with Crippen LogP contribution >= 0.6 is 0 Å². The van der Waals surface area contributed by atoms with Crippen LogP contribution in [-0.4, -0.2) is 16.9 Å². The van der Waals surface area contributed by atoms with Crippen molar-refractivity contribution in [2.45, 2.75) is 27.7 Å². The molecular weight excluding hydrogens is 350 g/mol. The maximum absolute atomic E-state index is 12.4. The van der Waals surface area contributed by atoms with Crippen LogP contribution in [0.15, 0.2) is 39.5 Å². The van der Waals surface area contributed by atoms with E-state index < -0.39 is 17.5 Å². The average molecular weight is 367 g/mol. The number of carbonyl (C=O) groups is 2. The quantitative estimate of drug-likeness (QED) is 0.517. The van der Waals surface area contributed by atoms with E-state index >= 15 is 0 Å². The fraction of sp³-hybridized carbons (Fsp3) is 0.200. The summed E-state index contributed by atoms with van der Waals surface area (Å²) in [6.07, 6.45) is 0. The van der Waals surface area contributed by atoms with Crippen molar-refractivity contribution in [1.82, 2.24) is 4.98 Å². The highest BCUT2D eigenvalue weighted by Crippen LogP contribution is 2.36. The van der Waals surface area contributed by atoms with Crippen molar-refractivity contribution >= 4 is 22.9 Å². The Kier molecular flexibility index (Phi) is 4.77. The Balaban J connectivity index is 2.23. The van der Waals surface area contributed by atoms with Crippen molar-refractivity contribution in [3.05, 3.63) is 51.8 Å². The number of nitrogens with zero attached hydrogens (tertiary/aromatic N) is 1. The minimum Gasteiger partial charge on any atom is -0.437 e. The van der Waals surface area contributed by atoms with Crippen molar-refractivity contribution in [2.24, 2.45) is 0 Å². The third kappa shape index (κ3) is 3.87. The molecule has 0 spiro atoms. The summed E-state index contributed by atoms with van der Waals surface area (Å²) in [6, 6.07) is 8.18. The molecule has 0 saturated heterocycles. The Labute approximate surface area is 154 Å². The monoisotopic (exact) mass is 367 g/mol. The summed E-state index contributed by atoms with van der Waals surface area (Å²) < 4.78 is 16.1. The van der Waals surface area contributed by atoms with E-state index in [1.807, 2.05) is 13.0 Å². The van der Waals surface area contributed by atoms with Gasteiger partial charge in [0.15, 0.2) is 0 Å². The zero-order valence-electron chi connectivity index (χ0n) is 15.3. The summed E-state index contributed by atoms with van der Waals surface area (Å²) in [5, 5.41) is 0.362. The zero-order valence-corrected chi connectivity index (χ0v) is 15.3. The summed E-state index contributed by atoms with van der Waals surface area (Å²) >= 11 is 0. The SMILES string of the molecule is CC(=O)Oc1cc(OC(C)=O)c(-c2nc(=O)c3cc(C)ccc3o2)cc1C. The number of carbonyl (C=O) groups excluding carboxylic acids is 2. The van der Waals surface area contributed by atoms with Crippen molar-refractivity contribution < 1.29 is 23.5 Å². The molecule has 3 rings (SSSR count). The van der Waals surface area contributed by atoms with E-state index in [0.717, 1.165) is 5.56 Å². The molecule has 2 aromatic carbocycles. The lowest BCUT2D eigenvalue weighted by atomic mass is 10.1. The van der Waals surface area contributed by atoms with Crippen LogP contribution in [0.2, 0.25) is 0 Å². The number of esters is 2. The predicted octanol–water partition coefficient (Wildman–Crippen LogP) is 3.32. The van der Waals surface area contributed by atoms with E-state index in [9.17, 15) is 14.4 Å². The Bertz CT molecular complexity index is 1130. The van der Waals surface area contributed by atoms with Gasteiger partial charge >= 0.3 is 11.9 Å². The first-order chi connectivity index (χ1) is 12.7. The van der Waals surface area contributed by atoms with Gasteiger partial charge in [-0.15, -0.1) is 0 Å². The highest BCUT2D eigenvalue weighted by atomic mass is 16.5. The molecule has 0 aliphatic carbocycles. The summed E-state index contributed by atoms with van der Waals surface area (Å²) in [4.78, 5) is 39.2. The van der Waals surface area contributed by atoms with Crippen LogP contribution in [-0.2, 0) is 9.59 Å². The van der Waals surface area contributed by atoms with Crippen molar-refractivity contribution in [1.29, 1.82) is 0 Å². The molecular formula is C20H17NO6. The fourth-order valence-electron chi connectivity index (χ4n) is 2.64. The topological polar surface area (TPSA) is 95.7 Å². The number of hydrogen-bond donors (Lipinski definition) is 0. The standard InChI is InChI=1S/C20H17NO6/c1-10-5-6-16-14(7-10)19(24)21-20(27-16)15-8-11(2)17(25-12(3)22)9-18(15)26-13(4)23/h5-9H,1-4H3. The van der Waals surface area contributed by atoms with Crippen LogP contribution in [0.4, 0.5) is 0 Å². The lowest BCUT2D eigenvalue weighted by Crippen LogP contribution is -2.10. The Hall–Kier alpha value is -3.48. The van der Waals surface area contributed by atoms with Gasteiger partial charge in [0, 0.05) is 19.9 Å². The smallest absolute Gasteiger partial charge is 0.308 e. The van der Waals surface area contributed by atoms with Gasteiger partial charge in [-0.1, -0.05) is 11.6 Å². The second-order valence-corrected chi connectivity index (χ2v) is 6.12. The Morgan fingerprint density at radius 2 is 1.63 bits per heavy atom. The molecule has 7 heteroatoms. The molecule has 138 valence electrons. The van der Waals surface area contributed by atoms with Crippen LogP contribution in [0.3, 0.4) is 0 Å². The van der Waals surface area contributed by atoms with Gasteiger partial charge in [-0.2, -0.15) is 4.98 Å². The van der Waals surface area contributed by atoms with Crippen LogP contribution < -0.4 is 15.0 Å². The lowest BCUT2D eigenvalue weighted by Gasteiger charge is -2.13. The minimum absolute atomic E-state index is 0.00470. The van der Waals surface area contributed by atoms with E-state index in [0.29, 0.717) is 22.1 Å². The van der Waals surface area contributed by atoms with Gasteiger partial charge in [-0.05, 0) is 37.6 Å². The summed E-state index contributed by atoms with van der Waals surface area (Å²) in [5.74, 6) is -0.768. The van der Waals surface area contributed by atoms with Gasteiger partial charge in [0.2, 0.25) is 5.89 Å². The summed E-state index contributed by atoms with van der Waals surface area (Å²) in [6.45, 7) is 6.08. The zero-order chi connectivity index (χ0) is 19.7. The molecule has 0 unspecified atom stereocenters. The van der Waals surface area contributed by atoms with Crippen LogP contribution in [0.1, 0.15) is 25.0 Å². The van der Waals surface area contributed by atoms with Crippen LogP contribution in [0.5, 0.6) is 11.5 Å². The maximum atomic E-state index is 12.4. The fourth-order valence-corrected chi connectivity index (χ4v) is 2.64. The van der Waals surface area contributed by atoms with E-state index in [-0.39, 0.29) is 17.4 Å². The molecule has 1 aromatic heterocycles. The van der Waals surface area contributed by atoms with Crippen LogP contribution in [0, 0.1) is 13.8 Å². The first-order valence-corrected chi connectivity index (χ1v) is 8.18. The van der Waals surface area contributed by atoms with E-state index in [1.54, 1.807) is 25.1 Å². The molecule has 0 N–H and O–H groups in total. The number of benzene rings is 2. The molecule has 0 aliphatic heterocycles. The van der Waals surface area contributed by atoms with Gasteiger partial charge in [-0.3, -0.25) is 14.4 Å². The second-order valence-electron chi connectivity index (χ2n) is 6.12. The largest absolute Gasteiger partial charge is 0.437 e. The van der Waals surface area contributed by atoms with Crippen molar-refractivity contribution in [3.8, 4) is 23.0 Å². The maximum Gasteiger partial charge on any atom is 0.308 e. The van der Waals surface area contributed by atoms with E-state index in [2.05, 4.69) is 4.98 Å². The third-order valence-electron chi connectivity index (χ3n) is 3.79. The normalized spacial score (nSPS) is 10.7. The number of hydrogen-bond acceptors (Lipinski definition) is 7. The number of rotatable bonds is 3. The van der Waals surface area contributed by atoms with E-state index in [1.165, 1.54) is 19.9 Å². The average Bonchev–Trinajstić information content (AvgIpc) is 2.57. The molecule has 0 amide bonds. The molecule has 0 bridgehead atoms. The summed E-state index contributed by atoms with van der Waals surface area (Å²) in [7, 11) is 0. The lowest BCUT2D eigenvalue weighted by molar-refractivity contribution is -0.132. The first kappa shape index (κ1) is 18.3. The third-order valence-corrected chi connectivity index (χ3v) is 3.79. The Morgan fingerprint density at radius 1 is 0.963 bits per heavy atom. The second kappa shape index (κ2) is 7.03. The molecule has 1 heterocycles. The molecule has 0 radical (unpaired) electrons. The number of aryl methyl sites for hydroxylation is 2. The van der Waals surface area contributed by atoms with Crippen LogP contribution in [0.25, 0.3) is 22.4 Å². The van der Waals surface area contributed by atoms with Gasteiger partial charge in [-0.25, -0.2) is 0 Å². The first-order valence-electron chi connectivity index (χ1n) is 8.18. The molecule has 27 heavy (non-hydrogen) atoms. The molecule has 3 aromatic rings. The Morgan fingerprint density at radius 3 is 2.30 bits per heavy atom. The predicted molar refractivity (Wildman–Crippen MR) is 97.8 cm³/mol. The minimum atomic E-state index is -0.576. The van der Waals surface area contributed by atoms with Crippen molar-refractivity contribution in [2.75, 3.05) is 0 Å². The number of ether oxygens (including phenoxy) is 2. The number of aromatic nitrogens is 1. The van der Waals surface area contributed by atoms with Gasteiger partial charge in [0.05, 0.1) is 10.9 Å². The highest BCUT2D eigenvalue weighted by Gasteiger charge is 2.18. The van der Waals surface area contributed by atoms with Gasteiger partial charge in [0.1, 0.15) is 17.1 Å². The molecule has 0 atom stereocenters. The molecule has 7 nitrogen and oxygen atoms in total. The number of fused-ring (bicyclic) bond motifs is 1. The highest BCUT2D eigenvalue weighted by molar-refractivity contribution is 5.80. The van der Waals surface area contributed by atoms with E-state index in [4.69, 9.17) is 13.9 Å².